The van der Waals surface area contributed by atoms with Crippen LogP contribution in [0.15, 0.2) is 0 Å². The first-order valence-electron chi connectivity index (χ1n) is 5.65. The summed E-state index contributed by atoms with van der Waals surface area (Å²) >= 11 is 0. The maximum Gasteiger partial charge on any atom is 0.0692 e. The number of unbranched alkanes of at least 4 members (excludes halogenated alkanes) is 1. The fourth-order valence-electron chi connectivity index (χ4n) is 1.58. The molecule has 1 rings (SSSR count). The van der Waals surface area contributed by atoms with Crippen LogP contribution in [0.3, 0.4) is 0 Å². The summed E-state index contributed by atoms with van der Waals surface area (Å²) in [5, 5.41) is 13.0. The average molecular weight is 185 g/mol. The second-order valence-electron chi connectivity index (χ2n) is 4.36. The number of nitrogens with one attached hydrogen (secondary N) is 1. The lowest BCUT2D eigenvalue weighted by Crippen LogP contribution is -2.34. The lowest BCUT2D eigenvalue weighted by Gasteiger charge is -2.16. The van der Waals surface area contributed by atoms with Crippen LogP contribution in [0.4, 0.5) is 0 Å². The smallest absolute Gasteiger partial charge is 0.0692 e. The summed E-state index contributed by atoms with van der Waals surface area (Å²) in [5.41, 5.74) is 0. The summed E-state index contributed by atoms with van der Waals surface area (Å²) in [6, 6.07) is 0.563. The number of rotatable bonds is 7. The zero-order valence-corrected chi connectivity index (χ0v) is 8.92. The molecule has 0 aliphatic heterocycles. The van der Waals surface area contributed by atoms with Crippen molar-refractivity contribution in [2.75, 3.05) is 6.54 Å². The first-order valence-corrected chi connectivity index (χ1v) is 5.65. The van der Waals surface area contributed by atoms with Crippen molar-refractivity contribution < 1.29 is 5.11 Å². The molecule has 0 amide bonds. The largest absolute Gasteiger partial charge is 0.392 e. The second kappa shape index (κ2) is 5.61. The monoisotopic (exact) mass is 185 g/mol. The highest BCUT2D eigenvalue weighted by Gasteiger charge is 2.29. The van der Waals surface area contributed by atoms with Crippen LogP contribution in [0.5, 0.6) is 0 Å². The Labute approximate surface area is 81.7 Å². The quantitative estimate of drug-likeness (QED) is 0.635. The van der Waals surface area contributed by atoms with Crippen LogP contribution in [0, 0.1) is 5.92 Å². The molecule has 78 valence electrons. The predicted molar refractivity (Wildman–Crippen MR) is 55.7 cm³/mol. The van der Waals surface area contributed by atoms with Crippen molar-refractivity contribution in [1.29, 1.82) is 0 Å². The standard InChI is InChI=1S/C11H23NO/c1-3-4-5-9(2)12-8-11(13)10-6-7-10/h9-13H,3-8H2,1-2H3. The van der Waals surface area contributed by atoms with E-state index < -0.39 is 0 Å². The van der Waals surface area contributed by atoms with E-state index in [1.807, 2.05) is 0 Å². The minimum atomic E-state index is -0.0934. The van der Waals surface area contributed by atoms with Crippen molar-refractivity contribution in [3.8, 4) is 0 Å². The highest BCUT2D eigenvalue weighted by Crippen LogP contribution is 2.32. The molecule has 1 aliphatic rings. The number of aliphatic hydroxyl groups excluding tert-OH is 1. The van der Waals surface area contributed by atoms with Gasteiger partial charge in [-0.05, 0) is 32.1 Å². The van der Waals surface area contributed by atoms with Crippen LogP contribution >= 0.6 is 0 Å². The van der Waals surface area contributed by atoms with E-state index in [-0.39, 0.29) is 6.10 Å². The molecule has 0 bridgehead atoms. The maximum atomic E-state index is 9.60. The lowest BCUT2D eigenvalue weighted by molar-refractivity contribution is 0.144. The molecular formula is C11H23NO. The fourth-order valence-corrected chi connectivity index (χ4v) is 1.58. The van der Waals surface area contributed by atoms with Gasteiger partial charge in [-0.25, -0.2) is 0 Å². The molecule has 0 radical (unpaired) electrons. The Balaban J connectivity index is 1.96. The first-order chi connectivity index (χ1) is 6.24. The predicted octanol–water partition coefficient (Wildman–Crippen LogP) is 1.93. The molecule has 0 aromatic carbocycles. The normalized spacial score (nSPS) is 21.5. The van der Waals surface area contributed by atoms with Gasteiger partial charge in [-0.15, -0.1) is 0 Å². The molecule has 2 unspecified atom stereocenters. The molecule has 0 spiro atoms. The van der Waals surface area contributed by atoms with Gasteiger partial charge in [0.15, 0.2) is 0 Å². The molecule has 0 heterocycles. The third-order valence-electron chi connectivity index (χ3n) is 2.83. The van der Waals surface area contributed by atoms with Crippen LogP contribution in [0.2, 0.25) is 0 Å². The minimum Gasteiger partial charge on any atom is -0.392 e. The molecule has 0 aromatic rings. The molecule has 2 atom stereocenters. The molecule has 1 aliphatic carbocycles. The van der Waals surface area contributed by atoms with Crippen molar-refractivity contribution in [2.24, 2.45) is 5.92 Å². The summed E-state index contributed by atoms with van der Waals surface area (Å²) in [5.74, 6) is 0.603. The van der Waals surface area contributed by atoms with Gasteiger partial charge in [0, 0.05) is 12.6 Å². The van der Waals surface area contributed by atoms with Crippen molar-refractivity contribution >= 4 is 0 Å². The molecule has 13 heavy (non-hydrogen) atoms. The third kappa shape index (κ3) is 4.63. The number of hydrogen-bond donors (Lipinski definition) is 2. The molecule has 0 saturated heterocycles. The number of hydrogen-bond acceptors (Lipinski definition) is 2. The van der Waals surface area contributed by atoms with Crippen molar-refractivity contribution in [1.82, 2.24) is 5.32 Å². The first kappa shape index (κ1) is 11.0. The zero-order chi connectivity index (χ0) is 9.68. The van der Waals surface area contributed by atoms with E-state index in [9.17, 15) is 5.11 Å². The minimum absolute atomic E-state index is 0.0934. The van der Waals surface area contributed by atoms with E-state index in [1.54, 1.807) is 0 Å². The Hall–Kier alpha value is -0.0800. The van der Waals surface area contributed by atoms with Gasteiger partial charge < -0.3 is 10.4 Å². The van der Waals surface area contributed by atoms with E-state index in [1.165, 1.54) is 32.1 Å². The molecule has 2 heteroatoms. The maximum absolute atomic E-state index is 9.60. The summed E-state index contributed by atoms with van der Waals surface area (Å²) in [6.45, 7) is 5.20. The molecule has 1 fully saturated rings. The van der Waals surface area contributed by atoms with E-state index in [4.69, 9.17) is 0 Å². The Morgan fingerprint density at radius 2 is 2.15 bits per heavy atom. The molecule has 2 N–H and O–H groups in total. The van der Waals surface area contributed by atoms with E-state index in [2.05, 4.69) is 19.2 Å². The van der Waals surface area contributed by atoms with Crippen LogP contribution in [0.1, 0.15) is 46.0 Å². The molecule has 2 nitrogen and oxygen atoms in total. The van der Waals surface area contributed by atoms with Gasteiger partial charge >= 0.3 is 0 Å². The molecule has 0 aromatic heterocycles. The van der Waals surface area contributed by atoms with Crippen LogP contribution in [-0.2, 0) is 0 Å². The molecule has 1 saturated carbocycles. The second-order valence-corrected chi connectivity index (χ2v) is 4.36. The summed E-state index contributed by atoms with van der Waals surface area (Å²) in [4.78, 5) is 0. The van der Waals surface area contributed by atoms with E-state index in [0.29, 0.717) is 12.0 Å². The van der Waals surface area contributed by atoms with E-state index in [0.717, 1.165) is 6.54 Å². The highest BCUT2D eigenvalue weighted by molar-refractivity contribution is 4.82. The Bertz CT molecular complexity index is 134. The van der Waals surface area contributed by atoms with Gasteiger partial charge in [-0.2, -0.15) is 0 Å². The fraction of sp³-hybridized carbons (Fsp3) is 1.00. The Morgan fingerprint density at radius 3 is 2.69 bits per heavy atom. The van der Waals surface area contributed by atoms with Gasteiger partial charge in [-0.1, -0.05) is 19.8 Å². The lowest BCUT2D eigenvalue weighted by atomic mass is 10.1. The third-order valence-corrected chi connectivity index (χ3v) is 2.83. The average Bonchev–Trinajstić information content (AvgIpc) is 2.93. The van der Waals surface area contributed by atoms with Gasteiger partial charge in [0.2, 0.25) is 0 Å². The zero-order valence-electron chi connectivity index (χ0n) is 8.92. The SMILES string of the molecule is CCCCC(C)NCC(O)C1CC1. The van der Waals surface area contributed by atoms with Gasteiger partial charge in [0.1, 0.15) is 0 Å². The Morgan fingerprint density at radius 1 is 1.46 bits per heavy atom. The van der Waals surface area contributed by atoms with Crippen molar-refractivity contribution in [3.05, 3.63) is 0 Å². The summed E-state index contributed by atoms with van der Waals surface area (Å²) < 4.78 is 0. The van der Waals surface area contributed by atoms with Gasteiger partial charge in [0.05, 0.1) is 6.10 Å². The summed E-state index contributed by atoms with van der Waals surface area (Å²) in [6.07, 6.45) is 6.14. The molecular weight excluding hydrogens is 162 g/mol. The number of aliphatic hydroxyl groups is 1. The van der Waals surface area contributed by atoms with Crippen molar-refractivity contribution in [3.63, 3.8) is 0 Å². The topological polar surface area (TPSA) is 32.3 Å². The summed E-state index contributed by atoms with van der Waals surface area (Å²) in [7, 11) is 0. The van der Waals surface area contributed by atoms with Crippen LogP contribution in [0.25, 0.3) is 0 Å². The van der Waals surface area contributed by atoms with Gasteiger partial charge in [-0.3, -0.25) is 0 Å². The van der Waals surface area contributed by atoms with Gasteiger partial charge in [0.25, 0.3) is 0 Å². The highest BCUT2D eigenvalue weighted by atomic mass is 16.3. The van der Waals surface area contributed by atoms with Crippen LogP contribution in [-0.4, -0.2) is 23.8 Å². The Kier molecular flexibility index (Phi) is 4.74. The van der Waals surface area contributed by atoms with Crippen LogP contribution < -0.4 is 5.32 Å². The van der Waals surface area contributed by atoms with E-state index >= 15 is 0 Å². The van der Waals surface area contributed by atoms with Crippen molar-refractivity contribution in [2.45, 2.75) is 58.1 Å².